The Morgan fingerprint density at radius 1 is 0.932 bits per heavy atom. The molecule has 2 saturated carbocycles. The molecule has 0 bridgehead atoms. The average Bonchev–Trinajstić information content (AvgIpc) is 3.58. The highest BCUT2D eigenvalue weighted by molar-refractivity contribution is 6.15. The van der Waals surface area contributed by atoms with Gasteiger partial charge in [-0.3, -0.25) is 19.2 Å². The van der Waals surface area contributed by atoms with E-state index >= 15 is 0 Å². The van der Waals surface area contributed by atoms with Crippen molar-refractivity contribution < 1.29 is 19.4 Å². The highest BCUT2D eigenvalue weighted by atomic mass is 16.5. The van der Waals surface area contributed by atoms with Crippen molar-refractivity contribution in [2.24, 2.45) is 11.3 Å². The van der Waals surface area contributed by atoms with Gasteiger partial charge < -0.3 is 14.7 Å². The number of ether oxygens (including phenoxy) is 1. The smallest absolute Gasteiger partial charge is 0.169 e. The number of carbonyl (C=O) groups is 2. The maximum atomic E-state index is 14.4. The molecule has 1 saturated heterocycles. The van der Waals surface area contributed by atoms with E-state index in [0.717, 1.165) is 60.3 Å². The van der Waals surface area contributed by atoms with Crippen LogP contribution in [-0.2, 0) is 34.8 Å². The maximum absolute atomic E-state index is 14.4. The van der Waals surface area contributed by atoms with Crippen LogP contribution < -0.4 is 4.74 Å². The molecule has 4 aliphatic rings. The molecule has 2 aromatic carbocycles. The first-order chi connectivity index (χ1) is 21.1. The van der Waals surface area contributed by atoms with E-state index in [0.29, 0.717) is 24.6 Å². The third-order valence-electron chi connectivity index (χ3n) is 10.7. The fraction of sp³-hybridized carbons (Fsp3) is 0.583. The summed E-state index contributed by atoms with van der Waals surface area (Å²) in [5.74, 6) is 1.13. The van der Waals surface area contributed by atoms with Crippen molar-refractivity contribution >= 4 is 22.5 Å². The predicted molar refractivity (Wildman–Crippen MR) is 170 cm³/mol. The van der Waals surface area contributed by atoms with Crippen LogP contribution in [0.15, 0.2) is 36.5 Å². The van der Waals surface area contributed by atoms with Gasteiger partial charge in [0, 0.05) is 62.6 Å². The number of hydrogen-bond donors (Lipinski definition) is 1. The van der Waals surface area contributed by atoms with Crippen molar-refractivity contribution in [3.8, 4) is 11.5 Å². The van der Waals surface area contributed by atoms with Gasteiger partial charge in [0.05, 0.1) is 11.7 Å². The van der Waals surface area contributed by atoms with Crippen molar-refractivity contribution in [3.63, 3.8) is 0 Å². The van der Waals surface area contributed by atoms with E-state index in [9.17, 15) is 14.7 Å². The number of benzene rings is 2. The number of likely N-dealkylation sites (tertiary alicyclic amines) is 1. The Morgan fingerprint density at radius 2 is 1.64 bits per heavy atom. The van der Waals surface area contributed by atoms with Crippen molar-refractivity contribution in [2.45, 2.75) is 103 Å². The zero-order valence-corrected chi connectivity index (χ0v) is 26.5. The number of ketones is 2. The lowest BCUT2D eigenvalue weighted by atomic mass is 9.64. The number of aromatic nitrogens is 2. The summed E-state index contributed by atoms with van der Waals surface area (Å²) in [6, 6.07) is 9.78. The van der Waals surface area contributed by atoms with E-state index in [-0.39, 0.29) is 36.3 Å². The molecule has 0 unspecified atom stereocenters. The Kier molecular flexibility index (Phi) is 7.56. The van der Waals surface area contributed by atoms with E-state index in [2.05, 4.69) is 24.1 Å². The van der Waals surface area contributed by atoms with Gasteiger partial charge in [0.15, 0.2) is 17.1 Å². The van der Waals surface area contributed by atoms with Gasteiger partial charge in [0.1, 0.15) is 17.6 Å². The molecule has 8 nitrogen and oxygen atoms in total. The molecule has 3 fully saturated rings. The number of nitrogens with zero attached hydrogens (tertiary/aromatic N) is 4. The monoisotopic (exact) mass is 598 g/mol. The van der Waals surface area contributed by atoms with Crippen LogP contribution in [0.4, 0.5) is 0 Å². The number of Topliss-reactive ketones (excluding diaryl/α,β-unsaturated/α-hetero) is 2. The van der Waals surface area contributed by atoms with Gasteiger partial charge in [0.25, 0.3) is 0 Å². The van der Waals surface area contributed by atoms with Gasteiger partial charge in [-0.2, -0.15) is 5.10 Å². The van der Waals surface area contributed by atoms with E-state index in [1.54, 1.807) is 6.07 Å². The number of hydrogen-bond acceptors (Lipinski definition) is 7. The van der Waals surface area contributed by atoms with Crippen LogP contribution in [0.25, 0.3) is 10.9 Å². The van der Waals surface area contributed by atoms with Gasteiger partial charge in [-0.25, -0.2) is 0 Å². The molecule has 0 radical (unpaired) electrons. The summed E-state index contributed by atoms with van der Waals surface area (Å²) in [5, 5.41) is 17.2. The fourth-order valence-electron chi connectivity index (χ4n) is 8.31. The SMILES string of the molecule is CN1CCC(Oc2ccc3c(c2)CN(C2(c4cc5cnn(CC6CCCCC6)c5cc4O)C(=O)CC(C)(C)CC2=O)C3)CC1. The zero-order chi connectivity index (χ0) is 30.6. The topological polar surface area (TPSA) is 87.9 Å². The first-order valence-corrected chi connectivity index (χ1v) is 16.6. The summed E-state index contributed by atoms with van der Waals surface area (Å²) in [5.41, 5.74) is 1.43. The van der Waals surface area contributed by atoms with Crippen molar-refractivity contribution in [2.75, 3.05) is 20.1 Å². The lowest BCUT2D eigenvalue weighted by molar-refractivity contribution is -0.153. The molecule has 3 aromatic rings. The summed E-state index contributed by atoms with van der Waals surface area (Å²) in [4.78, 5) is 33.1. The molecular formula is C36H46N4O4. The standard InChI is InChI=1S/C36H46N4O4/c1-35(2)18-33(42)36(34(43)19-35,30-16-26-20-37-40(31(26)17-32(30)41)21-24-7-5-4-6-8-24)39-22-25-9-10-29(15-27(25)23-39)44-28-11-13-38(3)14-12-28/h9-10,15-17,20,24,28,41H,4-8,11-14,18-19,21-23H2,1-3H3. The van der Waals surface area contributed by atoms with Crippen molar-refractivity contribution in [1.29, 1.82) is 0 Å². The average molecular weight is 599 g/mol. The predicted octanol–water partition coefficient (Wildman–Crippen LogP) is 5.96. The van der Waals surface area contributed by atoms with Gasteiger partial charge >= 0.3 is 0 Å². The Hall–Kier alpha value is -3.23. The van der Waals surface area contributed by atoms with Crippen LogP contribution in [-0.4, -0.2) is 62.5 Å². The van der Waals surface area contributed by atoms with E-state index < -0.39 is 11.0 Å². The molecule has 1 N–H and O–H groups in total. The molecule has 3 heterocycles. The molecule has 0 amide bonds. The second kappa shape index (κ2) is 11.3. The molecule has 44 heavy (non-hydrogen) atoms. The van der Waals surface area contributed by atoms with Crippen LogP contribution >= 0.6 is 0 Å². The minimum absolute atomic E-state index is 0.00783. The number of carbonyl (C=O) groups excluding carboxylic acids is 2. The number of phenols is 1. The summed E-state index contributed by atoms with van der Waals surface area (Å²) in [6.45, 7) is 7.74. The molecule has 234 valence electrons. The maximum Gasteiger partial charge on any atom is 0.169 e. The largest absolute Gasteiger partial charge is 0.507 e. The lowest BCUT2D eigenvalue weighted by Gasteiger charge is -2.46. The molecule has 2 aliphatic carbocycles. The van der Waals surface area contributed by atoms with Crippen molar-refractivity contribution in [3.05, 3.63) is 53.2 Å². The number of phenolic OH excluding ortho intramolecular Hbond substituents is 1. The van der Waals surface area contributed by atoms with Gasteiger partial charge in [0.2, 0.25) is 0 Å². The van der Waals surface area contributed by atoms with Gasteiger partial charge in [-0.15, -0.1) is 0 Å². The minimum Gasteiger partial charge on any atom is -0.507 e. The molecule has 8 heteroatoms. The summed E-state index contributed by atoms with van der Waals surface area (Å²) >= 11 is 0. The van der Waals surface area contributed by atoms with Crippen LogP contribution in [0.3, 0.4) is 0 Å². The third-order valence-corrected chi connectivity index (χ3v) is 10.7. The number of fused-ring (bicyclic) bond motifs is 2. The van der Waals surface area contributed by atoms with Crippen LogP contribution in [0.2, 0.25) is 0 Å². The van der Waals surface area contributed by atoms with Crippen LogP contribution in [0.5, 0.6) is 11.5 Å². The summed E-state index contributed by atoms with van der Waals surface area (Å²) < 4.78 is 8.38. The van der Waals surface area contributed by atoms with E-state index in [1.165, 1.54) is 32.1 Å². The first kappa shape index (κ1) is 29.5. The highest BCUT2D eigenvalue weighted by Gasteiger charge is 2.58. The first-order valence-electron chi connectivity index (χ1n) is 16.6. The lowest BCUT2D eigenvalue weighted by Crippen LogP contribution is -2.60. The normalized spacial score (nSPS) is 23.3. The summed E-state index contributed by atoms with van der Waals surface area (Å²) in [6.07, 6.45) is 10.8. The Balaban J connectivity index is 1.23. The molecule has 7 rings (SSSR count). The molecule has 0 spiro atoms. The molecule has 0 atom stereocenters. The Bertz CT molecular complexity index is 1560. The van der Waals surface area contributed by atoms with Gasteiger partial charge in [-0.05, 0) is 73.4 Å². The van der Waals surface area contributed by atoms with E-state index in [1.807, 2.05) is 41.8 Å². The van der Waals surface area contributed by atoms with Crippen LogP contribution in [0, 0.1) is 11.3 Å². The third kappa shape index (κ3) is 5.24. The minimum atomic E-state index is -1.55. The molecular weight excluding hydrogens is 552 g/mol. The van der Waals surface area contributed by atoms with Crippen molar-refractivity contribution in [1.82, 2.24) is 19.6 Å². The fourth-order valence-corrected chi connectivity index (χ4v) is 8.31. The van der Waals surface area contributed by atoms with Gasteiger partial charge in [-0.1, -0.05) is 39.2 Å². The summed E-state index contributed by atoms with van der Waals surface area (Å²) in [7, 11) is 2.14. The molecule has 2 aliphatic heterocycles. The van der Waals surface area contributed by atoms with Crippen LogP contribution in [0.1, 0.15) is 88.3 Å². The highest BCUT2D eigenvalue weighted by Crippen LogP contribution is 2.50. The zero-order valence-electron chi connectivity index (χ0n) is 26.5. The number of piperidine rings is 1. The second-order valence-corrected chi connectivity index (χ2v) is 14.7. The molecule has 1 aromatic heterocycles. The quantitative estimate of drug-likeness (QED) is 0.350. The number of rotatable bonds is 6. The number of aromatic hydroxyl groups is 1. The van der Waals surface area contributed by atoms with E-state index in [4.69, 9.17) is 9.84 Å². The second-order valence-electron chi connectivity index (χ2n) is 14.7. The Morgan fingerprint density at radius 3 is 2.36 bits per heavy atom. The Labute approximate surface area is 260 Å².